The number of alkyl carbamates (subject to hydrolysis) is 1. The van der Waals surface area contributed by atoms with Crippen molar-refractivity contribution in [2.45, 2.75) is 329 Å². The van der Waals surface area contributed by atoms with Gasteiger partial charge in [0.1, 0.15) is 12.4 Å². The van der Waals surface area contributed by atoms with E-state index in [1.54, 1.807) is 7.05 Å². The predicted molar refractivity (Wildman–Crippen MR) is 351 cm³/mol. The number of ether oxygens (including phenoxy) is 5. The smallest absolute Gasteiger partial charge is 0.407 e. The van der Waals surface area contributed by atoms with Gasteiger partial charge >= 0.3 is 6.09 Å². The molecule has 0 bridgehead atoms. The van der Waals surface area contributed by atoms with E-state index in [4.69, 9.17) is 23.7 Å². The Hall–Kier alpha value is -3.38. The van der Waals surface area contributed by atoms with Crippen LogP contribution >= 0.6 is 0 Å². The summed E-state index contributed by atoms with van der Waals surface area (Å²) >= 11 is 0. The first kappa shape index (κ1) is 82.6. The van der Waals surface area contributed by atoms with Crippen molar-refractivity contribution in [1.29, 1.82) is 0 Å². The number of hydrogen-bond donors (Lipinski definition) is 6. The lowest BCUT2D eigenvalue weighted by Gasteiger charge is -2.38. The molecule has 0 aromatic heterocycles. The second-order valence-corrected chi connectivity index (χ2v) is 25.9. The number of unbranched alkanes of at least 4 members (excludes halogenated alkanes) is 31. The summed E-state index contributed by atoms with van der Waals surface area (Å²) in [4.78, 5) is 73.9. The number of hydrogen-bond acceptors (Lipinski definition) is 12. The monoisotopic (exact) mass is 1220 g/mol. The van der Waals surface area contributed by atoms with E-state index >= 15 is 0 Å². The zero-order valence-electron chi connectivity index (χ0n) is 57.1. The zero-order chi connectivity index (χ0) is 63.8. The molecule has 6 N–H and O–H groups in total. The van der Waals surface area contributed by atoms with Gasteiger partial charge in [-0.2, -0.15) is 0 Å². The summed E-state index contributed by atoms with van der Waals surface area (Å²) in [6.45, 7) is 19.8. The zero-order valence-corrected chi connectivity index (χ0v) is 57.1. The van der Waals surface area contributed by atoms with E-state index in [0.29, 0.717) is 71.6 Å². The molecule has 506 valence electrons. The number of carbonyl (C=O) groups is 6. The van der Waals surface area contributed by atoms with E-state index in [9.17, 15) is 28.8 Å². The summed E-state index contributed by atoms with van der Waals surface area (Å²) in [6.07, 6.45) is 44.1. The molecule has 0 heterocycles. The SMILES string of the molecule is CCCCCCCCCCCCCCCCCCOC(COC(=O)NCCCCCC(=O)NCCC(C)(C)OCC(C)(C)OCCC(C)(NC)C(CC)C(=O)NCC(=O)NCC(=O)NCC(C)=O)OCCCCCCCCCCCCCCCCC. The fraction of sp³-hybridized carbons (Fsp3) is 0.913. The molecule has 0 rings (SSSR count). The largest absolute Gasteiger partial charge is 0.444 e. The minimum absolute atomic E-state index is 0.0202. The van der Waals surface area contributed by atoms with Crippen LogP contribution in [0.5, 0.6) is 0 Å². The third-order valence-corrected chi connectivity index (χ3v) is 16.5. The Balaban J connectivity index is 4.59. The Kier molecular flexibility index (Phi) is 53.5. The lowest BCUT2D eigenvalue weighted by Crippen LogP contribution is -2.54. The van der Waals surface area contributed by atoms with E-state index in [-0.39, 0.29) is 43.8 Å². The van der Waals surface area contributed by atoms with Gasteiger partial charge in [0.15, 0.2) is 6.29 Å². The highest BCUT2D eigenvalue weighted by molar-refractivity contribution is 5.90. The molecule has 3 unspecified atom stereocenters. The molecule has 0 aromatic rings. The van der Waals surface area contributed by atoms with Crippen LogP contribution in [0.25, 0.3) is 0 Å². The first-order chi connectivity index (χ1) is 41.3. The molecule has 0 spiro atoms. The van der Waals surface area contributed by atoms with Gasteiger partial charge in [0.25, 0.3) is 0 Å². The van der Waals surface area contributed by atoms with Crippen molar-refractivity contribution in [3.63, 3.8) is 0 Å². The topological polar surface area (TPSA) is 221 Å². The van der Waals surface area contributed by atoms with Gasteiger partial charge in [-0.15, -0.1) is 0 Å². The van der Waals surface area contributed by atoms with Crippen LogP contribution < -0.4 is 31.9 Å². The Labute approximate surface area is 525 Å². The van der Waals surface area contributed by atoms with Crippen molar-refractivity contribution in [1.82, 2.24) is 31.9 Å². The van der Waals surface area contributed by atoms with Crippen molar-refractivity contribution in [3.05, 3.63) is 0 Å². The number of carbonyl (C=O) groups excluding carboxylic acids is 6. The van der Waals surface area contributed by atoms with Crippen LogP contribution in [0.2, 0.25) is 0 Å². The maximum Gasteiger partial charge on any atom is 0.407 e. The summed E-state index contributed by atoms with van der Waals surface area (Å²) < 4.78 is 30.5. The maximum atomic E-state index is 13.3. The molecule has 17 nitrogen and oxygen atoms in total. The summed E-state index contributed by atoms with van der Waals surface area (Å²) in [5, 5.41) is 16.7. The van der Waals surface area contributed by atoms with Crippen molar-refractivity contribution in [3.8, 4) is 0 Å². The van der Waals surface area contributed by atoms with Gasteiger partial charge in [0, 0.05) is 44.9 Å². The van der Waals surface area contributed by atoms with Gasteiger partial charge in [-0.1, -0.05) is 213 Å². The minimum atomic E-state index is -0.646. The normalized spacial score (nSPS) is 13.2. The van der Waals surface area contributed by atoms with E-state index in [1.807, 2.05) is 41.5 Å². The molecule has 0 aliphatic heterocycles. The van der Waals surface area contributed by atoms with E-state index in [1.165, 1.54) is 180 Å². The molecule has 17 heteroatoms. The molecule has 0 radical (unpaired) electrons. The summed E-state index contributed by atoms with van der Waals surface area (Å²) in [6, 6.07) is 0. The number of nitrogens with one attached hydrogen (secondary N) is 6. The maximum absolute atomic E-state index is 13.3. The average molecular weight is 1220 g/mol. The van der Waals surface area contributed by atoms with Gasteiger partial charge < -0.3 is 55.6 Å². The van der Waals surface area contributed by atoms with Crippen LogP contribution in [0.3, 0.4) is 0 Å². The van der Waals surface area contributed by atoms with Crippen LogP contribution in [0.1, 0.15) is 306 Å². The Morgan fingerprint density at radius 2 is 0.849 bits per heavy atom. The predicted octanol–water partition coefficient (Wildman–Crippen LogP) is 14.2. The number of ketones is 1. The van der Waals surface area contributed by atoms with Crippen LogP contribution in [-0.2, 0) is 47.7 Å². The number of rotatable bonds is 63. The van der Waals surface area contributed by atoms with Crippen LogP contribution in [0.15, 0.2) is 0 Å². The van der Waals surface area contributed by atoms with E-state index < -0.39 is 46.9 Å². The lowest BCUT2D eigenvalue weighted by molar-refractivity contribution is -0.164. The first-order valence-electron chi connectivity index (χ1n) is 35.0. The number of Topliss-reactive ketones (excluding diaryl/α,β-unsaturated/α-hetero) is 1. The lowest BCUT2D eigenvalue weighted by atomic mass is 9.80. The summed E-state index contributed by atoms with van der Waals surface area (Å²) in [5.41, 5.74) is -1.81. The average Bonchev–Trinajstić information content (AvgIpc) is 2.89. The van der Waals surface area contributed by atoms with Gasteiger partial charge in [-0.05, 0) is 93.5 Å². The molecule has 3 atom stereocenters. The van der Waals surface area contributed by atoms with Crippen LogP contribution in [0, 0.1) is 5.92 Å². The molecule has 0 fully saturated rings. The second kappa shape index (κ2) is 55.7. The quantitative estimate of drug-likeness (QED) is 0.0247. The second-order valence-electron chi connectivity index (χ2n) is 25.9. The number of amides is 5. The highest BCUT2D eigenvalue weighted by Crippen LogP contribution is 2.27. The van der Waals surface area contributed by atoms with E-state index in [0.717, 1.165) is 38.5 Å². The minimum Gasteiger partial charge on any atom is -0.444 e. The molecular weight excluding hydrogens is 1090 g/mol. The highest BCUT2D eigenvalue weighted by Gasteiger charge is 2.37. The van der Waals surface area contributed by atoms with Gasteiger partial charge in [0.2, 0.25) is 23.6 Å². The van der Waals surface area contributed by atoms with Gasteiger partial charge in [-0.3, -0.25) is 24.0 Å². The first-order valence-corrected chi connectivity index (χ1v) is 35.0. The molecule has 0 aliphatic rings. The molecule has 0 saturated heterocycles. The molecule has 86 heavy (non-hydrogen) atoms. The summed E-state index contributed by atoms with van der Waals surface area (Å²) in [5.74, 6) is -2.00. The fourth-order valence-electron chi connectivity index (χ4n) is 10.5. The van der Waals surface area contributed by atoms with Crippen molar-refractivity contribution in [2.75, 3.05) is 72.8 Å². The molecular formula is C69H134N6O11. The molecule has 0 aromatic carbocycles. The molecule has 5 amide bonds. The van der Waals surface area contributed by atoms with Crippen molar-refractivity contribution in [2.24, 2.45) is 5.92 Å². The van der Waals surface area contributed by atoms with Crippen molar-refractivity contribution < 1.29 is 52.5 Å². The van der Waals surface area contributed by atoms with Crippen molar-refractivity contribution >= 4 is 35.5 Å². The Morgan fingerprint density at radius 1 is 0.419 bits per heavy atom. The molecule has 0 aliphatic carbocycles. The molecule has 0 saturated carbocycles. The standard InChI is InChI=1S/C69H134N6O11/c1-11-14-16-18-20-22-24-26-28-30-32-34-36-38-40-45-52-83-64(82-51-44-39-37-35-33-31-29-27-25-23-21-19-17-15-12-2)57-84-66(81)72-49-43-41-42-46-61(77)71-50-47-67(5,6)86-58-68(7,8)85-53-48-69(9,70-10)60(13-3)65(80)75-56-63(79)74-55-62(78)73-54-59(4)76/h60,64,70H,11-58H2,1-10H3,(H,71,77)(H,72,81)(H,73,78)(H,74,79)(H,75,80). The fourth-order valence-corrected chi connectivity index (χ4v) is 10.5. The third kappa shape index (κ3) is 51.5. The highest BCUT2D eigenvalue weighted by atomic mass is 16.7. The van der Waals surface area contributed by atoms with Gasteiger partial charge in [-0.25, -0.2) is 4.79 Å². The van der Waals surface area contributed by atoms with Crippen LogP contribution in [0.4, 0.5) is 4.79 Å². The summed E-state index contributed by atoms with van der Waals surface area (Å²) in [7, 11) is 1.79. The van der Waals surface area contributed by atoms with E-state index in [2.05, 4.69) is 45.7 Å². The van der Waals surface area contributed by atoms with Crippen LogP contribution in [-0.4, -0.2) is 131 Å². The Bertz CT molecular complexity index is 1690. The Morgan fingerprint density at radius 3 is 1.29 bits per heavy atom. The third-order valence-electron chi connectivity index (χ3n) is 16.5. The van der Waals surface area contributed by atoms with Gasteiger partial charge in [0.05, 0.1) is 43.4 Å².